The van der Waals surface area contributed by atoms with Gasteiger partial charge in [-0.05, 0) is 32.1 Å². The Bertz CT molecular complexity index is 625. The molecule has 0 amide bonds. The summed E-state index contributed by atoms with van der Waals surface area (Å²) in [6.07, 6.45) is 1.73. The molecule has 0 rings (SSSR count). The maximum atomic E-state index is 10.2. The molecule has 0 radical (unpaired) electrons. The third-order valence-corrected chi connectivity index (χ3v) is 3.64. The van der Waals surface area contributed by atoms with Gasteiger partial charge in [0.15, 0.2) is 11.9 Å². The first-order valence-corrected chi connectivity index (χ1v) is 9.94. The highest BCUT2D eigenvalue weighted by Gasteiger charge is 2.12. The lowest BCUT2D eigenvalue weighted by Gasteiger charge is -2.06. The molecule has 18 N–H and O–H groups in total. The molecule has 0 saturated carbocycles. The minimum absolute atomic E-state index is 0.0231. The molecule has 0 aromatic carbocycles. The van der Waals surface area contributed by atoms with E-state index in [1.807, 2.05) is 0 Å². The molecule has 0 bridgehead atoms. The van der Waals surface area contributed by atoms with Gasteiger partial charge in [0.05, 0.1) is 0 Å². The van der Waals surface area contributed by atoms with Gasteiger partial charge in [-0.3, -0.25) is 30.0 Å². The number of carboxylic acids is 4. The Hall–Kier alpha value is -3.70. The lowest BCUT2D eigenvalue weighted by atomic mass is 10.2. The number of carbonyl (C=O) groups is 4. The second-order valence-electron chi connectivity index (χ2n) is 6.73. The second-order valence-corrected chi connectivity index (χ2v) is 6.73. The number of hydrogen-bond acceptors (Lipinski definition) is 9. The van der Waals surface area contributed by atoms with Crippen molar-refractivity contribution in [3.8, 4) is 0 Å². The van der Waals surface area contributed by atoms with Gasteiger partial charge in [-0.25, -0.2) is 0 Å². The van der Waals surface area contributed by atoms with Crippen LogP contribution in [0.2, 0.25) is 0 Å². The predicted molar refractivity (Wildman–Crippen MR) is 122 cm³/mol. The highest BCUT2D eigenvalue weighted by atomic mass is 16.4. The Morgan fingerprint density at radius 2 is 0.941 bits per heavy atom. The van der Waals surface area contributed by atoms with Crippen LogP contribution >= 0.6 is 0 Å². The van der Waals surface area contributed by atoms with Crippen molar-refractivity contribution in [3.63, 3.8) is 0 Å². The van der Waals surface area contributed by atoms with E-state index < -0.39 is 42.0 Å². The van der Waals surface area contributed by atoms with E-state index in [0.717, 1.165) is 0 Å². The van der Waals surface area contributed by atoms with Crippen LogP contribution in [0.5, 0.6) is 0 Å². The Kier molecular flexibility index (Phi) is 21.7. The van der Waals surface area contributed by atoms with Crippen molar-refractivity contribution in [2.75, 3.05) is 13.1 Å². The molecular formula is C17H37N9O8. The summed E-state index contributed by atoms with van der Waals surface area (Å²) in [6.45, 7) is 0.965. The summed E-state index contributed by atoms with van der Waals surface area (Å²) in [5.74, 6) is -4.42. The zero-order chi connectivity index (χ0) is 27.3. The second kappa shape index (κ2) is 21.2. The Morgan fingerprint density at radius 3 is 1.18 bits per heavy atom. The third kappa shape index (κ3) is 28.3. The van der Waals surface area contributed by atoms with Crippen LogP contribution in [0, 0.1) is 10.8 Å². The third-order valence-electron chi connectivity index (χ3n) is 3.64. The first-order valence-electron chi connectivity index (χ1n) is 9.94. The lowest BCUT2D eigenvalue weighted by molar-refractivity contribution is -0.141. The van der Waals surface area contributed by atoms with E-state index in [1.54, 1.807) is 0 Å². The average Bonchev–Trinajstić information content (AvgIpc) is 2.72. The van der Waals surface area contributed by atoms with Crippen LogP contribution in [0.3, 0.4) is 0 Å². The van der Waals surface area contributed by atoms with Crippen LogP contribution in [0.15, 0.2) is 0 Å². The van der Waals surface area contributed by atoms with Gasteiger partial charge in [-0.1, -0.05) is 0 Å². The van der Waals surface area contributed by atoms with E-state index in [4.69, 9.17) is 59.9 Å². The molecule has 0 aromatic heterocycles. The van der Waals surface area contributed by atoms with Gasteiger partial charge in [-0.2, -0.15) is 0 Å². The molecule has 17 nitrogen and oxygen atoms in total. The van der Waals surface area contributed by atoms with Crippen molar-refractivity contribution in [2.45, 2.75) is 56.7 Å². The molecular weight excluding hydrogens is 458 g/mol. The maximum Gasteiger partial charge on any atom is 0.320 e. The van der Waals surface area contributed by atoms with E-state index in [9.17, 15) is 19.2 Å². The molecule has 0 unspecified atom stereocenters. The van der Waals surface area contributed by atoms with Gasteiger partial charge in [-0.15, -0.1) is 0 Å². The fraction of sp³-hybridized carbons (Fsp3) is 0.647. The van der Waals surface area contributed by atoms with Crippen molar-refractivity contribution < 1.29 is 39.6 Å². The summed E-state index contributed by atoms with van der Waals surface area (Å²) in [6, 6.07) is -2.70. The molecule has 0 aliphatic rings. The molecule has 0 aliphatic carbocycles. The molecule has 0 aromatic rings. The fourth-order valence-electron chi connectivity index (χ4n) is 1.74. The van der Waals surface area contributed by atoms with Crippen LogP contribution in [-0.2, 0) is 19.2 Å². The molecule has 0 spiro atoms. The number of rotatable bonds is 14. The zero-order valence-electron chi connectivity index (χ0n) is 18.7. The summed E-state index contributed by atoms with van der Waals surface area (Å²) in [7, 11) is 0. The van der Waals surface area contributed by atoms with E-state index in [1.165, 1.54) is 0 Å². The minimum Gasteiger partial charge on any atom is -0.481 e. The molecule has 34 heavy (non-hydrogen) atoms. The summed E-state index contributed by atoms with van der Waals surface area (Å²) in [5.41, 5.74) is 25.4. The Morgan fingerprint density at radius 1 is 0.647 bits per heavy atom. The van der Waals surface area contributed by atoms with E-state index in [-0.39, 0.29) is 24.8 Å². The van der Waals surface area contributed by atoms with Crippen LogP contribution < -0.4 is 39.3 Å². The van der Waals surface area contributed by atoms with Crippen LogP contribution in [0.1, 0.15) is 38.5 Å². The number of hydrogen-bond donors (Lipinski definition) is 13. The van der Waals surface area contributed by atoms with Crippen LogP contribution in [0.4, 0.5) is 0 Å². The molecule has 0 aliphatic heterocycles. The fourth-order valence-corrected chi connectivity index (χ4v) is 1.74. The number of nitrogens with one attached hydrogen (secondary N) is 4. The molecule has 198 valence electrons. The Balaban J connectivity index is -0.000000426. The predicted octanol–water partition coefficient (Wildman–Crippen LogP) is -3.41. The molecule has 0 fully saturated rings. The zero-order valence-corrected chi connectivity index (χ0v) is 18.7. The largest absolute Gasteiger partial charge is 0.481 e. The van der Waals surface area contributed by atoms with E-state index in [0.29, 0.717) is 38.8 Å². The topological polar surface area (TPSA) is 351 Å². The quantitative estimate of drug-likeness (QED) is 0.0633. The summed E-state index contributed by atoms with van der Waals surface area (Å²) in [5, 5.41) is 51.7. The van der Waals surface area contributed by atoms with Crippen molar-refractivity contribution in [2.24, 2.45) is 28.7 Å². The Labute approximate surface area is 196 Å². The number of nitrogens with two attached hydrogens (primary N) is 5. The van der Waals surface area contributed by atoms with Gasteiger partial charge < -0.3 is 59.7 Å². The lowest BCUT2D eigenvalue weighted by Crippen LogP contribution is -2.34. The summed E-state index contributed by atoms with van der Waals surface area (Å²) >= 11 is 0. The van der Waals surface area contributed by atoms with E-state index >= 15 is 0 Å². The molecule has 17 heteroatoms. The first kappa shape index (κ1) is 34.9. The van der Waals surface area contributed by atoms with Crippen molar-refractivity contribution in [3.05, 3.63) is 0 Å². The van der Waals surface area contributed by atoms with Gasteiger partial charge in [0.1, 0.15) is 18.1 Å². The van der Waals surface area contributed by atoms with Crippen LogP contribution in [0.25, 0.3) is 0 Å². The maximum absolute atomic E-state index is 10.2. The van der Waals surface area contributed by atoms with E-state index in [2.05, 4.69) is 10.6 Å². The van der Waals surface area contributed by atoms with Gasteiger partial charge in [0.2, 0.25) is 0 Å². The highest BCUT2D eigenvalue weighted by molar-refractivity contribution is 5.75. The smallest absolute Gasteiger partial charge is 0.320 e. The first-order chi connectivity index (χ1) is 15.6. The highest BCUT2D eigenvalue weighted by Crippen LogP contribution is 1.94. The molecule has 0 heterocycles. The van der Waals surface area contributed by atoms with Gasteiger partial charge in [0.25, 0.3) is 0 Å². The number of guanidine groups is 2. The normalized spacial score (nSPS) is 12.2. The molecule has 3 atom stereocenters. The molecule has 0 saturated heterocycles. The van der Waals surface area contributed by atoms with Gasteiger partial charge in [0, 0.05) is 19.5 Å². The number of aliphatic carboxylic acids is 4. The monoisotopic (exact) mass is 495 g/mol. The SMILES string of the molecule is N=C(N)NCCC[C@H](N)C(=O)O.N=C(N)NCCC[C@H](N)C(=O)O.N[C@@H](CCC(=O)O)C(=O)O. The summed E-state index contributed by atoms with van der Waals surface area (Å²) < 4.78 is 0. The van der Waals surface area contributed by atoms with Crippen molar-refractivity contribution >= 4 is 35.8 Å². The van der Waals surface area contributed by atoms with Crippen molar-refractivity contribution in [1.82, 2.24) is 10.6 Å². The van der Waals surface area contributed by atoms with Gasteiger partial charge >= 0.3 is 23.9 Å². The standard InChI is InChI=1S/2C6H14N4O2.C5H9NO4/c2*7-4(5(11)12)2-1-3-10-6(8)9;6-3(5(9)10)1-2-4(7)8/h2*4H,1-3,7H2,(H,11,12)(H4,8,9,10);3H,1-2,6H2,(H,7,8)(H,9,10)/t2*4-;3-/m000/s1. The minimum atomic E-state index is -1.17. The average molecular weight is 496 g/mol. The van der Waals surface area contributed by atoms with Crippen molar-refractivity contribution in [1.29, 1.82) is 10.8 Å². The van der Waals surface area contributed by atoms with Crippen LogP contribution in [-0.4, -0.2) is 87.4 Å². The summed E-state index contributed by atoms with van der Waals surface area (Å²) in [4.78, 5) is 40.3. The number of carboxylic acid groups (broad SMARTS) is 4.